The predicted molar refractivity (Wildman–Crippen MR) is 51.3 cm³/mol. The maximum Gasteiger partial charge on any atom is 0.147 e. The zero-order chi connectivity index (χ0) is 9.90. The van der Waals surface area contributed by atoms with E-state index in [0.717, 1.165) is 19.5 Å². The van der Waals surface area contributed by atoms with E-state index < -0.39 is 9.84 Å². The van der Waals surface area contributed by atoms with Crippen molar-refractivity contribution in [2.75, 3.05) is 25.1 Å². The van der Waals surface area contributed by atoms with Crippen molar-refractivity contribution in [3.05, 3.63) is 0 Å². The van der Waals surface area contributed by atoms with Gasteiger partial charge in [-0.25, -0.2) is 8.42 Å². The molecule has 0 spiro atoms. The molecule has 1 heterocycles. The van der Waals surface area contributed by atoms with Crippen LogP contribution in [0.1, 0.15) is 12.8 Å². The Morgan fingerprint density at radius 3 is 2.77 bits per heavy atom. The Morgan fingerprint density at radius 2 is 2.23 bits per heavy atom. The van der Waals surface area contributed by atoms with Crippen LogP contribution in [0.5, 0.6) is 0 Å². The first-order valence-corrected chi connectivity index (χ1v) is 6.61. The summed E-state index contributed by atoms with van der Waals surface area (Å²) >= 11 is 0. The second kappa shape index (κ2) is 4.39. The molecule has 5 heteroatoms. The van der Waals surface area contributed by atoms with Crippen LogP contribution in [0.2, 0.25) is 0 Å². The highest BCUT2D eigenvalue weighted by atomic mass is 32.2. The third kappa shape index (κ3) is 4.06. The Morgan fingerprint density at radius 1 is 1.54 bits per heavy atom. The fourth-order valence-corrected chi connectivity index (χ4v) is 2.30. The van der Waals surface area contributed by atoms with Gasteiger partial charge >= 0.3 is 0 Å². The van der Waals surface area contributed by atoms with Crippen LogP contribution in [0.4, 0.5) is 0 Å². The van der Waals surface area contributed by atoms with Gasteiger partial charge < -0.3 is 10.4 Å². The van der Waals surface area contributed by atoms with Crippen molar-refractivity contribution in [2.45, 2.75) is 18.9 Å². The molecule has 2 atom stereocenters. The number of nitrogens with one attached hydrogen (secondary N) is 1. The Kier molecular flexibility index (Phi) is 3.70. The van der Waals surface area contributed by atoms with Crippen LogP contribution in [0, 0.1) is 5.92 Å². The molecule has 0 aromatic rings. The first-order chi connectivity index (χ1) is 5.99. The van der Waals surface area contributed by atoms with E-state index in [1.807, 2.05) is 0 Å². The maximum absolute atomic E-state index is 10.9. The lowest BCUT2D eigenvalue weighted by molar-refractivity contribution is 0.0775. The van der Waals surface area contributed by atoms with Crippen LogP contribution in [0.3, 0.4) is 0 Å². The zero-order valence-corrected chi connectivity index (χ0v) is 8.68. The van der Waals surface area contributed by atoms with Crippen LogP contribution in [0.15, 0.2) is 0 Å². The van der Waals surface area contributed by atoms with Crippen molar-refractivity contribution in [2.24, 2.45) is 5.92 Å². The molecule has 0 saturated carbocycles. The van der Waals surface area contributed by atoms with E-state index in [0.29, 0.717) is 6.42 Å². The van der Waals surface area contributed by atoms with Gasteiger partial charge in [0.25, 0.3) is 0 Å². The van der Waals surface area contributed by atoms with Gasteiger partial charge in [-0.15, -0.1) is 0 Å². The van der Waals surface area contributed by atoms with Crippen molar-refractivity contribution in [3.63, 3.8) is 0 Å². The molecule has 2 unspecified atom stereocenters. The average molecular weight is 207 g/mol. The molecule has 1 aliphatic heterocycles. The molecular weight excluding hydrogens is 190 g/mol. The molecule has 0 radical (unpaired) electrons. The van der Waals surface area contributed by atoms with Gasteiger partial charge in [-0.05, 0) is 25.3 Å². The minimum absolute atomic E-state index is 0.100. The normalized spacial score (nSPS) is 30.3. The van der Waals surface area contributed by atoms with Crippen molar-refractivity contribution in [1.82, 2.24) is 5.32 Å². The molecule has 4 nitrogen and oxygen atoms in total. The Labute approximate surface area is 79.3 Å². The largest absolute Gasteiger partial charge is 0.393 e. The molecule has 2 N–H and O–H groups in total. The van der Waals surface area contributed by atoms with Crippen LogP contribution in [-0.4, -0.2) is 44.7 Å². The molecule has 0 aromatic heterocycles. The molecule has 1 rings (SSSR count). The zero-order valence-electron chi connectivity index (χ0n) is 7.86. The van der Waals surface area contributed by atoms with E-state index >= 15 is 0 Å². The summed E-state index contributed by atoms with van der Waals surface area (Å²) in [6, 6.07) is 0. The number of aliphatic hydroxyl groups is 1. The summed E-state index contributed by atoms with van der Waals surface area (Å²) in [7, 11) is -2.89. The Hall–Kier alpha value is -0.130. The molecule has 1 aliphatic rings. The second-order valence-corrected chi connectivity index (χ2v) is 6.00. The highest BCUT2D eigenvalue weighted by molar-refractivity contribution is 7.90. The Bertz CT molecular complexity index is 250. The molecule has 0 aliphatic carbocycles. The van der Waals surface area contributed by atoms with Crippen molar-refractivity contribution >= 4 is 9.84 Å². The summed E-state index contributed by atoms with van der Waals surface area (Å²) in [5.74, 6) is 0.277. The van der Waals surface area contributed by atoms with Gasteiger partial charge in [0.15, 0.2) is 0 Å². The minimum atomic E-state index is -2.89. The second-order valence-electron chi connectivity index (χ2n) is 3.74. The van der Waals surface area contributed by atoms with E-state index in [-0.39, 0.29) is 17.8 Å². The first kappa shape index (κ1) is 10.9. The maximum atomic E-state index is 10.9. The molecule has 78 valence electrons. The van der Waals surface area contributed by atoms with Gasteiger partial charge in [0.05, 0.1) is 11.9 Å². The topological polar surface area (TPSA) is 66.4 Å². The summed E-state index contributed by atoms with van der Waals surface area (Å²) in [6.07, 6.45) is 2.19. The number of hydrogen-bond acceptors (Lipinski definition) is 4. The number of piperidine rings is 1. The number of rotatable bonds is 3. The van der Waals surface area contributed by atoms with Gasteiger partial charge in [0.1, 0.15) is 9.84 Å². The molecule has 13 heavy (non-hydrogen) atoms. The van der Waals surface area contributed by atoms with Gasteiger partial charge in [0.2, 0.25) is 0 Å². The van der Waals surface area contributed by atoms with Crippen molar-refractivity contribution in [1.29, 1.82) is 0 Å². The van der Waals surface area contributed by atoms with Crippen LogP contribution >= 0.6 is 0 Å². The molecule has 0 aromatic carbocycles. The fraction of sp³-hybridized carbons (Fsp3) is 1.00. The summed E-state index contributed by atoms with van der Waals surface area (Å²) < 4.78 is 21.8. The van der Waals surface area contributed by atoms with Crippen molar-refractivity contribution < 1.29 is 13.5 Å². The predicted octanol–water partition coefficient (Wildman–Crippen LogP) is -0.608. The lowest BCUT2D eigenvalue weighted by atomic mass is 9.94. The molecule has 1 saturated heterocycles. The molecule has 0 bridgehead atoms. The fourth-order valence-electron chi connectivity index (χ4n) is 1.57. The van der Waals surface area contributed by atoms with Gasteiger partial charge in [-0.1, -0.05) is 0 Å². The SMILES string of the molecule is CS(=O)(=O)CCC1CNCCC1O. The third-order valence-electron chi connectivity index (χ3n) is 2.43. The summed E-state index contributed by atoms with van der Waals surface area (Å²) in [5, 5.41) is 12.7. The smallest absolute Gasteiger partial charge is 0.147 e. The van der Waals surface area contributed by atoms with E-state index in [2.05, 4.69) is 5.32 Å². The standard InChI is InChI=1S/C8H17NO3S/c1-13(11,12)5-3-7-6-9-4-2-8(7)10/h7-10H,2-6H2,1H3. The number of hydrogen-bond donors (Lipinski definition) is 2. The van der Waals surface area contributed by atoms with Gasteiger partial charge in [-0.2, -0.15) is 0 Å². The quantitative estimate of drug-likeness (QED) is 0.648. The highest BCUT2D eigenvalue weighted by Gasteiger charge is 2.23. The van der Waals surface area contributed by atoms with Gasteiger partial charge in [0, 0.05) is 12.8 Å². The number of sulfone groups is 1. The van der Waals surface area contributed by atoms with Crippen molar-refractivity contribution in [3.8, 4) is 0 Å². The summed E-state index contributed by atoms with van der Waals surface area (Å²) in [4.78, 5) is 0. The lowest BCUT2D eigenvalue weighted by Gasteiger charge is -2.27. The highest BCUT2D eigenvalue weighted by Crippen LogP contribution is 2.15. The van der Waals surface area contributed by atoms with Gasteiger partial charge in [-0.3, -0.25) is 0 Å². The van der Waals surface area contributed by atoms with E-state index in [4.69, 9.17) is 0 Å². The molecule has 0 amide bonds. The van der Waals surface area contributed by atoms with E-state index in [1.54, 1.807) is 0 Å². The molecule has 1 fully saturated rings. The monoisotopic (exact) mass is 207 g/mol. The van der Waals surface area contributed by atoms with Crippen LogP contribution in [0.25, 0.3) is 0 Å². The van der Waals surface area contributed by atoms with E-state index in [9.17, 15) is 13.5 Å². The lowest BCUT2D eigenvalue weighted by Crippen LogP contribution is -2.40. The average Bonchev–Trinajstić information content (AvgIpc) is 2.01. The summed E-state index contributed by atoms with van der Waals surface area (Å²) in [5.41, 5.74) is 0. The van der Waals surface area contributed by atoms with Crippen LogP contribution < -0.4 is 5.32 Å². The van der Waals surface area contributed by atoms with Crippen LogP contribution in [-0.2, 0) is 9.84 Å². The number of aliphatic hydroxyl groups excluding tert-OH is 1. The first-order valence-electron chi connectivity index (χ1n) is 4.55. The summed E-state index contributed by atoms with van der Waals surface area (Å²) in [6.45, 7) is 1.56. The molecular formula is C8H17NO3S. The third-order valence-corrected chi connectivity index (χ3v) is 3.40. The minimum Gasteiger partial charge on any atom is -0.393 e. The Balaban J connectivity index is 2.35. The van der Waals surface area contributed by atoms with E-state index in [1.165, 1.54) is 6.26 Å².